The van der Waals surface area contributed by atoms with Gasteiger partial charge in [-0.25, -0.2) is 0 Å². The van der Waals surface area contributed by atoms with Gasteiger partial charge in [0.2, 0.25) is 6.79 Å². The van der Waals surface area contributed by atoms with Crippen LogP contribution in [-0.4, -0.2) is 63.9 Å². The first-order valence-electron chi connectivity index (χ1n) is 7.02. The Balaban J connectivity index is 1.95. The van der Waals surface area contributed by atoms with Gasteiger partial charge >= 0.3 is 0 Å². The van der Waals surface area contributed by atoms with Gasteiger partial charge in [-0.1, -0.05) is 6.07 Å². The van der Waals surface area contributed by atoms with Crippen molar-refractivity contribution in [3.8, 4) is 11.5 Å². The van der Waals surface area contributed by atoms with Crippen molar-refractivity contribution in [2.75, 3.05) is 53.9 Å². The number of benzene rings is 1. The number of aliphatic hydroxyl groups is 1. The fourth-order valence-electron chi connectivity index (χ4n) is 2.21. The van der Waals surface area contributed by atoms with Gasteiger partial charge in [-0.15, -0.1) is 0 Å². The molecule has 1 N–H and O–H groups in total. The number of nitrogens with zero attached hydrogens (tertiary/aromatic N) is 1. The lowest BCUT2D eigenvalue weighted by atomic mass is 10.1. The minimum absolute atomic E-state index is 0.239. The Morgan fingerprint density at radius 1 is 1.14 bits per heavy atom. The van der Waals surface area contributed by atoms with Gasteiger partial charge in [-0.2, -0.15) is 0 Å². The second kappa shape index (κ2) is 8.19. The summed E-state index contributed by atoms with van der Waals surface area (Å²) in [4.78, 5) is 2.11. The summed E-state index contributed by atoms with van der Waals surface area (Å²) < 4.78 is 20.8. The molecule has 0 saturated carbocycles. The van der Waals surface area contributed by atoms with Gasteiger partial charge in [-0.3, -0.25) is 4.90 Å². The van der Waals surface area contributed by atoms with E-state index >= 15 is 0 Å². The zero-order chi connectivity index (χ0) is 15.1. The summed E-state index contributed by atoms with van der Waals surface area (Å²) in [6.45, 7) is 3.51. The Hall–Kier alpha value is -1.34. The molecule has 1 unspecified atom stereocenters. The summed E-state index contributed by atoms with van der Waals surface area (Å²) in [5, 5.41) is 10.4. The van der Waals surface area contributed by atoms with E-state index in [0.717, 1.165) is 24.4 Å². The van der Waals surface area contributed by atoms with Crippen LogP contribution in [0.3, 0.4) is 0 Å². The Bertz CT molecular complexity index is 432. The predicted octanol–water partition coefficient (Wildman–Crippen LogP) is 1.04. The first-order chi connectivity index (χ1) is 10.2. The van der Waals surface area contributed by atoms with E-state index in [1.54, 1.807) is 14.2 Å². The maximum absolute atomic E-state index is 10.4. The monoisotopic (exact) mass is 297 g/mol. The molecule has 0 spiro atoms. The molecule has 6 nitrogen and oxygen atoms in total. The number of rotatable bonds is 9. The van der Waals surface area contributed by atoms with Crippen molar-refractivity contribution in [1.82, 2.24) is 4.90 Å². The molecule has 1 aliphatic heterocycles. The highest BCUT2D eigenvalue weighted by atomic mass is 16.7. The molecular weight excluding hydrogens is 274 g/mol. The van der Waals surface area contributed by atoms with Crippen LogP contribution in [0.15, 0.2) is 18.2 Å². The number of hydrogen-bond acceptors (Lipinski definition) is 6. The summed E-state index contributed by atoms with van der Waals surface area (Å²) in [7, 11) is 3.34. The lowest BCUT2D eigenvalue weighted by molar-refractivity contribution is 0.0696. The van der Waals surface area contributed by atoms with Crippen LogP contribution < -0.4 is 9.47 Å². The van der Waals surface area contributed by atoms with Crippen molar-refractivity contribution in [3.05, 3.63) is 23.8 Å². The van der Waals surface area contributed by atoms with E-state index in [9.17, 15) is 5.11 Å². The van der Waals surface area contributed by atoms with Gasteiger partial charge in [0.05, 0.1) is 19.3 Å². The molecule has 0 saturated heterocycles. The van der Waals surface area contributed by atoms with Crippen LogP contribution in [0.4, 0.5) is 0 Å². The summed E-state index contributed by atoms with van der Waals surface area (Å²) in [5.74, 6) is 1.41. The quantitative estimate of drug-likeness (QED) is 0.735. The van der Waals surface area contributed by atoms with Crippen molar-refractivity contribution in [3.63, 3.8) is 0 Å². The molecule has 0 amide bonds. The molecule has 1 aromatic carbocycles. The van der Waals surface area contributed by atoms with Crippen LogP contribution in [0, 0.1) is 0 Å². The Labute approximate surface area is 125 Å². The minimum atomic E-state index is -0.590. The highest BCUT2D eigenvalue weighted by Crippen LogP contribution is 2.34. The first-order valence-corrected chi connectivity index (χ1v) is 7.02. The van der Waals surface area contributed by atoms with Crippen molar-refractivity contribution in [2.45, 2.75) is 6.10 Å². The average Bonchev–Trinajstić information content (AvgIpc) is 2.97. The Kier molecular flexibility index (Phi) is 6.25. The van der Waals surface area contributed by atoms with E-state index < -0.39 is 6.10 Å². The van der Waals surface area contributed by atoms with Crippen molar-refractivity contribution >= 4 is 0 Å². The summed E-state index contributed by atoms with van der Waals surface area (Å²) in [6.07, 6.45) is -0.590. The molecule has 1 aromatic rings. The molecule has 0 fully saturated rings. The van der Waals surface area contributed by atoms with Gasteiger partial charge in [0.15, 0.2) is 11.5 Å². The molecule has 118 valence electrons. The van der Waals surface area contributed by atoms with Gasteiger partial charge < -0.3 is 24.1 Å². The molecule has 6 heteroatoms. The number of fused-ring (bicyclic) bond motifs is 1. The SMILES string of the molecule is COCCN(CCOC)CC(O)c1ccc2c(c1)OCO2. The summed E-state index contributed by atoms with van der Waals surface area (Å²) >= 11 is 0. The van der Waals surface area contributed by atoms with Gasteiger partial charge in [0.25, 0.3) is 0 Å². The minimum Gasteiger partial charge on any atom is -0.454 e. The van der Waals surface area contributed by atoms with Crippen molar-refractivity contribution < 1.29 is 24.1 Å². The lowest BCUT2D eigenvalue weighted by Crippen LogP contribution is -2.34. The van der Waals surface area contributed by atoms with Crippen LogP contribution in [0.25, 0.3) is 0 Å². The maximum Gasteiger partial charge on any atom is 0.231 e. The highest BCUT2D eigenvalue weighted by molar-refractivity contribution is 5.45. The van der Waals surface area contributed by atoms with Crippen LogP contribution >= 0.6 is 0 Å². The molecule has 0 bridgehead atoms. The predicted molar refractivity (Wildman–Crippen MR) is 77.7 cm³/mol. The molecule has 1 heterocycles. The third-order valence-electron chi connectivity index (χ3n) is 3.44. The highest BCUT2D eigenvalue weighted by Gasteiger charge is 2.18. The molecule has 1 aliphatic rings. The normalized spacial score (nSPS) is 14.7. The van der Waals surface area contributed by atoms with Gasteiger partial charge in [-0.05, 0) is 17.7 Å². The topological polar surface area (TPSA) is 60.4 Å². The number of methoxy groups -OCH3 is 2. The third kappa shape index (κ3) is 4.57. The molecular formula is C15H23NO5. The molecule has 1 atom stereocenters. The summed E-state index contributed by atoms with van der Waals surface area (Å²) in [6, 6.07) is 5.52. The maximum atomic E-state index is 10.4. The van der Waals surface area contributed by atoms with E-state index in [0.29, 0.717) is 25.5 Å². The Morgan fingerprint density at radius 3 is 2.48 bits per heavy atom. The zero-order valence-corrected chi connectivity index (χ0v) is 12.6. The van der Waals surface area contributed by atoms with Crippen molar-refractivity contribution in [1.29, 1.82) is 0 Å². The number of ether oxygens (including phenoxy) is 4. The number of aliphatic hydroxyl groups excluding tert-OH is 1. The standard InChI is InChI=1S/C15H23NO5/c1-18-7-5-16(6-8-19-2)10-13(17)12-3-4-14-15(9-12)21-11-20-14/h3-4,9,13,17H,5-8,10-11H2,1-2H3. The van der Waals surface area contributed by atoms with Crippen molar-refractivity contribution in [2.24, 2.45) is 0 Å². The zero-order valence-electron chi connectivity index (χ0n) is 12.6. The third-order valence-corrected chi connectivity index (χ3v) is 3.44. The van der Waals surface area contributed by atoms with E-state index in [-0.39, 0.29) is 6.79 Å². The lowest BCUT2D eigenvalue weighted by Gasteiger charge is -2.24. The van der Waals surface area contributed by atoms with E-state index in [1.165, 1.54) is 0 Å². The van der Waals surface area contributed by atoms with E-state index in [4.69, 9.17) is 18.9 Å². The smallest absolute Gasteiger partial charge is 0.231 e. The fourth-order valence-corrected chi connectivity index (χ4v) is 2.21. The second-order valence-corrected chi connectivity index (χ2v) is 4.91. The first kappa shape index (κ1) is 16.0. The van der Waals surface area contributed by atoms with Gasteiger partial charge in [0, 0.05) is 33.9 Å². The second-order valence-electron chi connectivity index (χ2n) is 4.91. The van der Waals surface area contributed by atoms with Crippen LogP contribution in [0.5, 0.6) is 11.5 Å². The van der Waals surface area contributed by atoms with E-state index in [1.807, 2.05) is 18.2 Å². The molecule has 2 rings (SSSR count). The largest absolute Gasteiger partial charge is 0.454 e. The number of hydrogen-bond donors (Lipinski definition) is 1. The Morgan fingerprint density at radius 2 is 1.81 bits per heavy atom. The summed E-state index contributed by atoms with van der Waals surface area (Å²) in [5.41, 5.74) is 0.819. The van der Waals surface area contributed by atoms with Crippen LogP contribution in [-0.2, 0) is 9.47 Å². The molecule has 0 aromatic heterocycles. The average molecular weight is 297 g/mol. The molecule has 21 heavy (non-hydrogen) atoms. The van der Waals surface area contributed by atoms with Gasteiger partial charge in [0.1, 0.15) is 0 Å². The fraction of sp³-hybridized carbons (Fsp3) is 0.600. The van der Waals surface area contributed by atoms with E-state index in [2.05, 4.69) is 4.90 Å². The van der Waals surface area contributed by atoms with Crippen LogP contribution in [0.1, 0.15) is 11.7 Å². The molecule has 0 radical (unpaired) electrons. The van der Waals surface area contributed by atoms with Crippen LogP contribution in [0.2, 0.25) is 0 Å². The molecule has 0 aliphatic carbocycles.